The third kappa shape index (κ3) is 6.13. The molecule has 0 saturated carbocycles. The second-order valence-corrected chi connectivity index (χ2v) is 7.59. The Morgan fingerprint density at radius 1 is 1.03 bits per heavy atom. The molecular weight excluding hydrogens is 388 g/mol. The number of aromatic nitrogens is 1. The number of nitrogens with zero attached hydrogens (tertiary/aromatic N) is 1. The number of unbranched alkanes of at least 4 members (excludes halogenated alkanes) is 2. The fourth-order valence-electron chi connectivity index (χ4n) is 3.35. The molecule has 3 aromatic rings. The standard InChI is InChI=1S/C25H30N4O2/c1-2-3-7-16-25(27,31-18-19-9-5-4-6-10-19)21-14-12-20(13-15-21)24(30)29-22-11-8-17-28-23(22)26/h4-6,8-15,17H,2-3,7,16,18,27H2,1H3,(H2,26,28)(H,29,30). The number of anilines is 2. The fraction of sp³-hybridized carbons (Fsp3) is 0.280. The summed E-state index contributed by atoms with van der Waals surface area (Å²) in [6.45, 7) is 2.58. The van der Waals surface area contributed by atoms with E-state index in [1.54, 1.807) is 30.5 Å². The number of nitrogens with two attached hydrogens (primary N) is 2. The number of hydrogen-bond donors (Lipinski definition) is 3. The number of pyridine rings is 1. The molecule has 3 rings (SSSR count). The molecule has 1 aromatic heterocycles. The van der Waals surface area contributed by atoms with Crippen molar-refractivity contribution in [3.05, 3.63) is 89.6 Å². The second-order valence-electron chi connectivity index (χ2n) is 7.59. The van der Waals surface area contributed by atoms with Crippen molar-refractivity contribution in [2.75, 3.05) is 11.1 Å². The van der Waals surface area contributed by atoms with Crippen molar-refractivity contribution in [1.82, 2.24) is 4.98 Å². The summed E-state index contributed by atoms with van der Waals surface area (Å²) >= 11 is 0. The van der Waals surface area contributed by atoms with Gasteiger partial charge in [-0.05, 0) is 48.2 Å². The molecule has 0 spiro atoms. The van der Waals surface area contributed by atoms with Gasteiger partial charge in [0.05, 0.1) is 12.3 Å². The highest BCUT2D eigenvalue weighted by Crippen LogP contribution is 2.28. The lowest BCUT2D eigenvalue weighted by molar-refractivity contribution is -0.0656. The van der Waals surface area contributed by atoms with Gasteiger partial charge in [-0.25, -0.2) is 4.98 Å². The van der Waals surface area contributed by atoms with Crippen LogP contribution in [0.5, 0.6) is 0 Å². The van der Waals surface area contributed by atoms with E-state index in [0.29, 0.717) is 24.3 Å². The third-order valence-electron chi connectivity index (χ3n) is 5.21. The van der Waals surface area contributed by atoms with E-state index in [0.717, 1.165) is 30.4 Å². The minimum absolute atomic E-state index is 0.259. The maximum atomic E-state index is 12.6. The Morgan fingerprint density at radius 2 is 1.77 bits per heavy atom. The van der Waals surface area contributed by atoms with Crippen molar-refractivity contribution in [1.29, 1.82) is 0 Å². The summed E-state index contributed by atoms with van der Waals surface area (Å²) in [4.78, 5) is 16.6. The lowest BCUT2D eigenvalue weighted by Gasteiger charge is -2.31. The number of ether oxygens (including phenoxy) is 1. The number of benzene rings is 2. The highest BCUT2D eigenvalue weighted by Gasteiger charge is 2.28. The molecule has 0 radical (unpaired) electrons. The molecule has 6 nitrogen and oxygen atoms in total. The summed E-state index contributed by atoms with van der Waals surface area (Å²) in [7, 11) is 0. The Morgan fingerprint density at radius 3 is 2.45 bits per heavy atom. The first-order chi connectivity index (χ1) is 15.0. The minimum Gasteiger partial charge on any atom is -0.382 e. The van der Waals surface area contributed by atoms with Crippen LogP contribution in [0.25, 0.3) is 0 Å². The lowest BCUT2D eigenvalue weighted by Crippen LogP contribution is -2.39. The molecule has 0 fully saturated rings. The van der Waals surface area contributed by atoms with Crippen molar-refractivity contribution >= 4 is 17.4 Å². The van der Waals surface area contributed by atoms with E-state index in [4.69, 9.17) is 16.2 Å². The van der Waals surface area contributed by atoms with Gasteiger partial charge in [-0.15, -0.1) is 0 Å². The van der Waals surface area contributed by atoms with Gasteiger partial charge >= 0.3 is 0 Å². The summed E-state index contributed by atoms with van der Waals surface area (Å²) < 4.78 is 6.21. The van der Waals surface area contributed by atoms with E-state index in [9.17, 15) is 4.79 Å². The number of nitrogen functional groups attached to an aromatic ring is 1. The zero-order valence-electron chi connectivity index (χ0n) is 17.9. The molecule has 5 N–H and O–H groups in total. The molecule has 1 heterocycles. The van der Waals surface area contributed by atoms with Gasteiger partial charge in [0.15, 0.2) is 0 Å². The van der Waals surface area contributed by atoms with Crippen molar-refractivity contribution < 1.29 is 9.53 Å². The molecule has 162 valence electrons. The van der Waals surface area contributed by atoms with Crippen LogP contribution >= 0.6 is 0 Å². The van der Waals surface area contributed by atoms with Crippen LogP contribution < -0.4 is 16.8 Å². The predicted molar refractivity (Wildman–Crippen MR) is 124 cm³/mol. The predicted octanol–water partition coefficient (Wildman–Crippen LogP) is 4.82. The molecule has 1 unspecified atom stereocenters. The van der Waals surface area contributed by atoms with Crippen LogP contribution in [-0.2, 0) is 17.1 Å². The van der Waals surface area contributed by atoms with E-state index in [-0.39, 0.29) is 11.7 Å². The molecular formula is C25H30N4O2. The summed E-state index contributed by atoms with van der Waals surface area (Å²) in [5, 5.41) is 2.78. The number of carbonyl (C=O) groups excluding carboxylic acids is 1. The number of rotatable bonds is 10. The fourth-order valence-corrected chi connectivity index (χ4v) is 3.35. The average Bonchev–Trinajstić information content (AvgIpc) is 2.80. The van der Waals surface area contributed by atoms with Crippen LogP contribution in [0.3, 0.4) is 0 Å². The first kappa shape index (κ1) is 22.5. The van der Waals surface area contributed by atoms with Crippen LogP contribution in [0, 0.1) is 0 Å². The Kier molecular flexibility index (Phi) is 7.76. The number of carbonyl (C=O) groups is 1. The van der Waals surface area contributed by atoms with E-state index >= 15 is 0 Å². The van der Waals surface area contributed by atoms with Crippen LogP contribution in [0.4, 0.5) is 11.5 Å². The molecule has 6 heteroatoms. The van der Waals surface area contributed by atoms with Gasteiger partial charge in [0.25, 0.3) is 5.91 Å². The summed E-state index contributed by atoms with van der Waals surface area (Å²) in [6, 6.07) is 20.6. The van der Waals surface area contributed by atoms with Gasteiger partial charge in [-0.3, -0.25) is 10.5 Å². The molecule has 0 saturated heterocycles. The van der Waals surface area contributed by atoms with Crippen LogP contribution in [0.15, 0.2) is 72.9 Å². The van der Waals surface area contributed by atoms with Crippen molar-refractivity contribution in [3.8, 4) is 0 Å². The van der Waals surface area contributed by atoms with Gasteiger partial charge < -0.3 is 15.8 Å². The zero-order valence-corrected chi connectivity index (χ0v) is 17.9. The number of hydrogen-bond acceptors (Lipinski definition) is 5. The van der Waals surface area contributed by atoms with Gasteiger partial charge in [-0.2, -0.15) is 0 Å². The highest BCUT2D eigenvalue weighted by atomic mass is 16.5. The minimum atomic E-state index is -0.923. The molecule has 0 bridgehead atoms. The summed E-state index contributed by atoms with van der Waals surface area (Å²) in [6.07, 6.45) is 5.43. The SMILES string of the molecule is CCCCCC(N)(OCc1ccccc1)c1ccc(C(=O)Nc2cccnc2N)cc1. The maximum Gasteiger partial charge on any atom is 0.255 e. The first-order valence-corrected chi connectivity index (χ1v) is 10.6. The first-order valence-electron chi connectivity index (χ1n) is 10.6. The number of nitrogens with one attached hydrogen (secondary N) is 1. The Labute approximate surface area is 183 Å². The van der Waals surface area contributed by atoms with E-state index < -0.39 is 5.72 Å². The smallest absolute Gasteiger partial charge is 0.255 e. The van der Waals surface area contributed by atoms with Crippen molar-refractivity contribution in [2.45, 2.75) is 44.9 Å². The largest absolute Gasteiger partial charge is 0.382 e. The lowest BCUT2D eigenvalue weighted by atomic mass is 9.95. The van der Waals surface area contributed by atoms with Crippen LogP contribution in [0.2, 0.25) is 0 Å². The van der Waals surface area contributed by atoms with Gasteiger partial charge in [0.2, 0.25) is 0 Å². The molecule has 1 amide bonds. The third-order valence-corrected chi connectivity index (χ3v) is 5.21. The molecule has 0 aliphatic carbocycles. The van der Waals surface area contributed by atoms with Crippen molar-refractivity contribution in [3.63, 3.8) is 0 Å². The highest BCUT2D eigenvalue weighted by molar-refractivity contribution is 6.05. The average molecular weight is 419 g/mol. The van der Waals surface area contributed by atoms with Crippen molar-refractivity contribution in [2.24, 2.45) is 5.73 Å². The second kappa shape index (κ2) is 10.7. The molecule has 0 aliphatic rings. The van der Waals surface area contributed by atoms with Crippen LogP contribution in [0.1, 0.15) is 54.1 Å². The zero-order chi connectivity index (χ0) is 22.1. The van der Waals surface area contributed by atoms with Gasteiger partial charge in [0, 0.05) is 11.8 Å². The van der Waals surface area contributed by atoms with Crippen LogP contribution in [-0.4, -0.2) is 10.9 Å². The molecule has 0 aliphatic heterocycles. The number of amides is 1. The quantitative estimate of drug-likeness (QED) is 0.323. The summed E-state index contributed by atoms with van der Waals surface area (Å²) in [5.41, 5.74) is 14.5. The van der Waals surface area contributed by atoms with E-state index in [1.165, 1.54) is 0 Å². The Balaban J connectivity index is 1.74. The van der Waals surface area contributed by atoms with E-state index in [2.05, 4.69) is 17.2 Å². The van der Waals surface area contributed by atoms with Gasteiger partial charge in [-0.1, -0.05) is 62.2 Å². The molecule has 31 heavy (non-hydrogen) atoms. The molecule has 2 aromatic carbocycles. The Bertz CT molecular complexity index is 976. The molecule has 1 atom stereocenters. The normalized spacial score (nSPS) is 12.8. The Hall–Kier alpha value is -3.22. The monoisotopic (exact) mass is 418 g/mol. The maximum absolute atomic E-state index is 12.6. The topological polar surface area (TPSA) is 103 Å². The van der Waals surface area contributed by atoms with E-state index in [1.807, 2.05) is 42.5 Å². The summed E-state index contributed by atoms with van der Waals surface area (Å²) in [5.74, 6) is 0.0174. The van der Waals surface area contributed by atoms with Gasteiger partial charge in [0.1, 0.15) is 11.5 Å².